The van der Waals surface area contributed by atoms with Crippen molar-refractivity contribution >= 4 is 0 Å². The molecule has 0 saturated carbocycles. The highest BCUT2D eigenvalue weighted by Crippen LogP contribution is 1.92. The summed E-state index contributed by atoms with van der Waals surface area (Å²) in [5.74, 6) is 0.190. The zero-order valence-electron chi connectivity index (χ0n) is 7.91. The maximum atomic E-state index is 7.89. The van der Waals surface area contributed by atoms with Crippen molar-refractivity contribution in [2.75, 3.05) is 0 Å². The van der Waals surface area contributed by atoms with Gasteiger partial charge in [-0.1, -0.05) is 35.9 Å². The maximum absolute atomic E-state index is 7.89. The van der Waals surface area contributed by atoms with E-state index in [1.807, 2.05) is 38.1 Å². The van der Waals surface area contributed by atoms with Gasteiger partial charge in [0.05, 0.1) is 6.07 Å². The lowest BCUT2D eigenvalue weighted by molar-refractivity contribution is 0.849. The molecule has 0 saturated heterocycles. The van der Waals surface area contributed by atoms with E-state index in [0.717, 1.165) is 0 Å². The zero-order chi connectivity index (χ0) is 9.40. The number of hydrogen-bond acceptors (Lipinski definition) is 1. The van der Waals surface area contributed by atoms with Crippen molar-refractivity contribution in [2.45, 2.75) is 20.8 Å². The fourth-order valence-electron chi connectivity index (χ4n) is 0.534. The molecular weight excluding hydrogens is 146 g/mol. The molecule has 1 rings (SSSR count). The Kier molecular flexibility index (Phi) is 5.73. The van der Waals surface area contributed by atoms with E-state index in [1.165, 1.54) is 5.56 Å². The monoisotopic (exact) mass is 161 g/mol. The SMILES string of the molecule is CC(C)C#N.Cc1ccccc1. The molecule has 1 aromatic rings. The summed E-state index contributed by atoms with van der Waals surface area (Å²) in [5.41, 5.74) is 1.32. The molecule has 0 spiro atoms. The lowest BCUT2D eigenvalue weighted by Gasteiger charge is -1.82. The fraction of sp³-hybridized carbons (Fsp3) is 0.364. The molecular formula is C11H15N. The minimum atomic E-state index is 0.190. The Bertz CT molecular complexity index is 231. The molecule has 64 valence electrons. The third-order valence-corrected chi connectivity index (χ3v) is 1.20. The molecule has 0 atom stereocenters. The van der Waals surface area contributed by atoms with Crippen molar-refractivity contribution in [3.05, 3.63) is 35.9 Å². The average Bonchev–Trinajstić information content (AvgIpc) is 2.07. The molecule has 0 N–H and O–H groups in total. The predicted molar refractivity (Wildman–Crippen MR) is 51.6 cm³/mol. The van der Waals surface area contributed by atoms with Crippen LogP contribution in [0.5, 0.6) is 0 Å². The van der Waals surface area contributed by atoms with Crippen LogP contribution in [-0.4, -0.2) is 0 Å². The summed E-state index contributed by atoms with van der Waals surface area (Å²) in [6.45, 7) is 5.81. The van der Waals surface area contributed by atoms with E-state index in [-0.39, 0.29) is 5.92 Å². The van der Waals surface area contributed by atoms with Gasteiger partial charge in [0.2, 0.25) is 0 Å². The second-order valence-corrected chi connectivity index (χ2v) is 2.94. The van der Waals surface area contributed by atoms with Gasteiger partial charge in [-0.15, -0.1) is 0 Å². The normalized spacial score (nSPS) is 8.25. The molecule has 0 heterocycles. The smallest absolute Gasteiger partial charge is 0.0649 e. The van der Waals surface area contributed by atoms with E-state index in [1.54, 1.807) is 0 Å². The Morgan fingerprint density at radius 3 is 1.75 bits per heavy atom. The van der Waals surface area contributed by atoms with Gasteiger partial charge in [0.25, 0.3) is 0 Å². The predicted octanol–water partition coefficient (Wildman–Crippen LogP) is 3.16. The Hall–Kier alpha value is -1.29. The van der Waals surface area contributed by atoms with Crippen LogP contribution < -0.4 is 0 Å². The van der Waals surface area contributed by atoms with E-state index in [4.69, 9.17) is 5.26 Å². The second-order valence-electron chi connectivity index (χ2n) is 2.94. The lowest BCUT2D eigenvalue weighted by Crippen LogP contribution is -1.72. The fourth-order valence-corrected chi connectivity index (χ4v) is 0.534. The van der Waals surface area contributed by atoms with Crippen molar-refractivity contribution in [1.82, 2.24) is 0 Å². The lowest BCUT2D eigenvalue weighted by atomic mass is 10.2. The van der Waals surface area contributed by atoms with Crippen LogP contribution in [0.3, 0.4) is 0 Å². The van der Waals surface area contributed by atoms with Gasteiger partial charge >= 0.3 is 0 Å². The van der Waals surface area contributed by atoms with Crippen LogP contribution in [0.2, 0.25) is 0 Å². The second kappa shape index (κ2) is 6.42. The number of hydrogen-bond donors (Lipinski definition) is 0. The largest absolute Gasteiger partial charge is 0.198 e. The van der Waals surface area contributed by atoms with E-state index in [0.29, 0.717) is 0 Å². The standard InChI is InChI=1S/C7H8.C4H7N/c1-7-5-3-2-4-6-7;1-4(2)3-5/h2-6H,1H3;4H,1-2H3. The molecule has 0 fully saturated rings. The van der Waals surface area contributed by atoms with Crippen LogP contribution in [-0.2, 0) is 0 Å². The molecule has 0 aliphatic carbocycles. The van der Waals surface area contributed by atoms with Crippen molar-refractivity contribution < 1.29 is 0 Å². The number of aryl methyl sites for hydroxylation is 1. The first-order valence-corrected chi connectivity index (χ1v) is 4.08. The highest BCUT2D eigenvalue weighted by atomic mass is 14.2. The van der Waals surface area contributed by atoms with Gasteiger partial charge in [-0.25, -0.2) is 0 Å². The molecule has 12 heavy (non-hydrogen) atoms. The van der Waals surface area contributed by atoms with E-state index >= 15 is 0 Å². The van der Waals surface area contributed by atoms with Gasteiger partial charge in [0.1, 0.15) is 0 Å². The minimum Gasteiger partial charge on any atom is -0.198 e. The van der Waals surface area contributed by atoms with Gasteiger partial charge in [0, 0.05) is 5.92 Å². The van der Waals surface area contributed by atoms with Crippen LogP contribution in [0.4, 0.5) is 0 Å². The van der Waals surface area contributed by atoms with Crippen LogP contribution in [0.25, 0.3) is 0 Å². The maximum Gasteiger partial charge on any atom is 0.0649 e. The van der Waals surface area contributed by atoms with E-state index in [9.17, 15) is 0 Å². The number of benzene rings is 1. The first-order valence-electron chi connectivity index (χ1n) is 4.08. The van der Waals surface area contributed by atoms with Gasteiger partial charge in [0.15, 0.2) is 0 Å². The summed E-state index contributed by atoms with van der Waals surface area (Å²) in [6.07, 6.45) is 0. The molecule has 0 aliphatic heterocycles. The topological polar surface area (TPSA) is 23.8 Å². The summed E-state index contributed by atoms with van der Waals surface area (Å²) in [7, 11) is 0. The number of rotatable bonds is 0. The molecule has 1 aromatic carbocycles. The van der Waals surface area contributed by atoms with Crippen molar-refractivity contribution in [1.29, 1.82) is 5.26 Å². The van der Waals surface area contributed by atoms with E-state index < -0.39 is 0 Å². The highest BCUT2D eigenvalue weighted by Gasteiger charge is 1.78. The first-order chi connectivity index (χ1) is 5.66. The summed E-state index contributed by atoms with van der Waals surface area (Å²) in [4.78, 5) is 0. The number of nitrogens with zero attached hydrogens (tertiary/aromatic N) is 1. The van der Waals surface area contributed by atoms with Gasteiger partial charge in [-0.2, -0.15) is 5.26 Å². The van der Waals surface area contributed by atoms with Gasteiger partial charge in [-0.3, -0.25) is 0 Å². The third-order valence-electron chi connectivity index (χ3n) is 1.20. The quantitative estimate of drug-likeness (QED) is 0.573. The average molecular weight is 161 g/mol. The third kappa shape index (κ3) is 6.82. The molecule has 0 bridgehead atoms. The van der Waals surface area contributed by atoms with Gasteiger partial charge in [-0.05, 0) is 20.8 Å². The molecule has 0 radical (unpaired) electrons. The first kappa shape index (κ1) is 10.7. The zero-order valence-corrected chi connectivity index (χ0v) is 7.91. The van der Waals surface area contributed by atoms with Crippen molar-refractivity contribution in [3.8, 4) is 6.07 Å². The van der Waals surface area contributed by atoms with Crippen LogP contribution in [0.1, 0.15) is 19.4 Å². The Morgan fingerprint density at radius 2 is 1.58 bits per heavy atom. The molecule has 0 unspecified atom stereocenters. The Labute approximate surface area is 74.7 Å². The highest BCUT2D eigenvalue weighted by molar-refractivity contribution is 5.11. The van der Waals surface area contributed by atoms with Crippen molar-refractivity contribution in [3.63, 3.8) is 0 Å². The molecule has 1 nitrogen and oxygen atoms in total. The summed E-state index contributed by atoms with van der Waals surface area (Å²) >= 11 is 0. The van der Waals surface area contributed by atoms with Crippen LogP contribution >= 0.6 is 0 Å². The van der Waals surface area contributed by atoms with Crippen molar-refractivity contribution in [2.24, 2.45) is 5.92 Å². The minimum absolute atomic E-state index is 0.190. The summed E-state index contributed by atoms with van der Waals surface area (Å²) in [6, 6.07) is 12.3. The Balaban J connectivity index is 0.000000217. The van der Waals surface area contributed by atoms with Gasteiger partial charge < -0.3 is 0 Å². The summed E-state index contributed by atoms with van der Waals surface area (Å²) in [5, 5.41) is 7.89. The van der Waals surface area contributed by atoms with Crippen LogP contribution in [0.15, 0.2) is 30.3 Å². The molecule has 1 heteroatoms. The summed E-state index contributed by atoms with van der Waals surface area (Å²) < 4.78 is 0. The molecule has 0 aromatic heterocycles. The van der Waals surface area contributed by atoms with E-state index in [2.05, 4.69) is 19.1 Å². The number of nitriles is 1. The Morgan fingerprint density at radius 1 is 1.17 bits per heavy atom. The van der Waals surface area contributed by atoms with Crippen LogP contribution in [0, 0.1) is 24.2 Å². The molecule has 0 amide bonds. The molecule has 0 aliphatic rings.